The summed E-state index contributed by atoms with van der Waals surface area (Å²) in [6.07, 6.45) is 15.7. The highest BCUT2D eigenvalue weighted by atomic mass is 15.0. The number of fused-ring (bicyclic) bond motifs is 7. The van der Waals surface area contributed by atoms with Crippen molar-refractivity contribution in [3.05, 3.63) is 139 Å². The molecule has 7 aromatic rings. The predicted molar refractivity (Wildman–Crippen MR) is 179 cm³/mol. The Hall–Kier alpha value is -5.08. The van der Waals surface area contributed by atoms with E-state index in [1.807, 2.05) is 0 Å². The zero-order valence-corrected chi connectivity index (χ0v) is 23.4. The largest absolute Gasteiger partial charge is 0.313 e. The first-order valence-corrected chi connectivity index (χ1v) is 15.1. The Morgan fingerprint density at radius 2 is 1.31 bits per heavy atom. The lowest BCUT2D eigenvalue weighted by Gasteiger charge is -2.16. The van der Waals surface area contributed by atoms with E-state index in [0.717, 1.165) is 25.7 Å². The van der Waals surface area contributed by atoms with Crippen LogP contribution in [0.4, 0.5) is 0 Å². The van der Waals surface area contributed by atoms with Crippen LogP contribution >= 0.6 is 0 Å². The molecule has 0 unspecified atom stereocenters. The van der Waals surface area contributed by atoms with Gasteiger partial charge in [-0.2, -0.15) is 0 Å². The van der Waals surface area contributed by atoms with Crippen LogP contribution in [-0.2, 0) is 6.42 Å². The Morgan fingerprint density at radius 3 is 2.24 bits per heavy atom. The number of benzene rings is 5. The summed E-state index contributed by atoms with van der Waals surface area (Å²) >= 11 is 0. The fraction of sp³-hybridized carbons (Fsp3) is 0.100. The second-order valence-corrected chi connectivity index (χ2v) is 11.6. The van der Waals surface area contributed by atoms with Gasteiger partial charge in [-0.05, 0) is 78.6 Å². The van der Waals surface area contributed by atoms with E-state index in [-0.39, 0.29) is 0 Å². The highest BCUT2D eigenvalue weighted by Crippen LogP contribution is 2.40. The number of nitrogens with zero attached hydrogens (tertiary/aromatic N) is 2. The molecular formula is C40H30N2. The number of rotatable bonds is 3. The molecule has 0 bridgehead atoms. The van der Waals surface area contributed by atoms with Crippen LogP contribution in [0, 0.1) is 0 Å². The van der Waals surface area contributed by atoms with E-state index >= 15 is 0 Å². The number of allylic oxidation sites excluding steroid dienone is 5. The van der Waals surface area contributed by atoms with Crippen molar-refractivity contribution in [2.75, 3.05) is 0 Å². The lowest BCUT2D eigenvalue weighted by atomic mass is 9.99. The SMILES string of the molecule is C1=CCCC(n2c3ccccc3c3cc(-c4ccc5c6c(n(-c7cccc8ccccc78)c5c4)CCC=C6)ccc32)=C1. The van der Waals surface area contributed by atoms with E-state index in [9.17, 15) is 0 Å². The first-order chi connectivity index (χ1) is 20.8. The maximum Gasteiger partial charge on any atom is 0.0544 e. The molecule has 2 aliphatic rings. The van der Waals surface area contributed by atoms with Crippen molar-refractivity contribution >= 4 is 55.3 Å². The van der Waals surface area contributed by atoms with Crippen LogP contribution in [-0.4, -0.2) is 9.13 Å². The molecule has 200 valence electrons. The second kappa shape index (κ2) is 9.22. The van der Waals surface area contributed by atoms with Gasteiger partial charge in [-0.15, -0.1) is 0 Å². The zero-order valence-electron chi connectivity index (χ0n) is 23.4. The van der Waals surface area contributed by atoms with Gasteiger partial charge < -0.3 is 9.13 Å². The van der Waals surface area contributed by atoms with E-state index in [4.69, 9.17) is 0 Å². The first-order valence-electron chi connectivity index (χ1n) is 15.1. The van der Waals surface area contributed by atoms with Gasteiger partial charge in [-0.1, -0.05) is 97.1 Å². The minimum Gasteiger partial charge on any atom is -0.313 e. The molecule has 0 spiro atoms. The van der Waals surface area contributed by atoms with E-state index in [1.165, 1.54) is 77.2 Å². The minimum absolute atomic E-state index is 1.05. The second-order valence-electron chi connectivity index (χ2n) is 11.6. The van der Waals surface area contributed by atoms with E-state index in [1.54, 1.807) is 0 Å². The fourth-order valence-electron chi connectivity index (χ4n) is 7.32. The van der Waals surface area contributed by atoms with Gasteiger partial charge in [0, 0.05) is 38.5 Å². The molecule has 5 aromatic carbocycles. The Balaban J connectivity index is 1.28. The lowest BCUT2D eigenvalue weighted by Crippen LogP contribution is -2.03. The van der Waals surface area contributed by atoms with Crippen molar-refractivity contribution in [2.24, 2.45) is 0 Å². The molecule has 9 rings (SSSR count). The summed E-state index contributed by atoms with van der Waals surface area (Å²) in [7, 11) is 0. The molecule has 2 heteroatoms. The molecule has 2 aromatic heterocycles. The van der Waals surface area contributed by atoms with Gasteiger partial charge >= 0.3 is 0 Å². The summed E-state index contributed by atoms with van der Waals surface area (Å²) < 4.78 is 5.00. The smallest absolute Gasteiger partial charge is 0.0544 e. The molecule has 0 saturated carbocycles. The van der Waals surface area contributed by atoms with Gasteiger partial charge in [0.05, 0.1) is 22.2 Å². The highest BCUT2D eigenvalue weighted by Gasteiger charge is 2.21. The molecule has 0 amide bonds. The summed E-state index contributed by atoms with van der Waals surface area (Å²) in [4.78, 5) is 0. The van der Waals surface area contributed by atoms with Gasteiger partial charge in [-0.3, -0.25) is 0 Å². The third-order valence-corrected chi connectivity index (χ3v) is 9.23. The first kappa shape index (κ1) is 23.6. The summed E-state index contributed by atoms with van der Waals surface area (Å²) in [5, 5.41) is 6.52. The molecule has 0 saturated heterocycles. The summed E-state index contributed by atoms with van der Waals surface area (Å²) in [6.45, 7) is 0. The Kier molecular flexibility index (Phi) is 5.18. The van der Waals surface area contributed by atoms with E-state index in [2.05, 4.69) is 143 Å². The Morgan fingerprint density at radius 1 is 0.524 bits per heavy atom. The van der Waals surface area contributed by atoms with E-state index in [0.29, 0.717) is 0 Å². The van der Waals surface area contributed by atoms with Gasteiger partial charge in [-0.25, -0.2) is 0 Å². The maximum absolute atomic E-state index is 2.54. The molecule has 2 heterocycles. The average molecular weight is 539 g/mol. The lowest BCUT2D eigenvalue weighted by molar-refractivity contribution is 0.892. The summed E-state index contributed by atoms with van der Waals surface area (Å²) in [5.74, 6) is 0. The molecular weight excluding hydrogens is 508 g/mol. The predicted octanol–water partition coefficient (Wildman–Crippen LogP) is 10.7. The van der Waals surface area contributed by atoms with Gasteiger partial charge in [0.2, 0.25) is 0 Å². The van der Waals surface area contributed by atoms with Crippen molar-refractivity contribution in [3.63, 3.8) is 0 Å². The van der Waals surface area contributed by atoms with Crippen LogP contribution in [0.25, 0.3) is 72.1 Å². The average Bonchev–Trinajstić information content (AvgIpc) is 3.57. The molecule has 0 atom stereocenters. The maximum atomic E-state index is 2.54. The van der Waals surface area contributed by atoms with Crippen LogP contribution in [0.3, 0.4) is 0 Å². The van der Waals surface area contributed by atoms with Crippen LogP contribution < -0.4 is 0 Å². The number of aromatic nitrogens is 2. The van der Waals surface area contributed by atoms with Gasteiger partial charge in [0.15, 0.2) is 0 Å². The fourth-order valence-corrected chi connectivity index (χ4v) is 7.32. The van der Waals surface area contributed by atoms with Crippen molar-refractivity contribution < 1.29 is 0 Å². The third kappa shape index (κ3) is 3.45. The zero-order chi connectivity index (χ0) is 27.6. The minimum atomic E-state index is 1.05. The normalized spacial score (nSPS) is 14.7. The van der Waals surface area contributed by atoms with Crippen LogP contribution in [0.5, 0.6) is 0 Å². The van der Waals surface area contributed by atoms with E-state index < -0.39 is 0 Å². The van der Waals surface area contributed by atoms with Crippen LogP contribution in [0.1, 0.15) is 30.5 Å². The monoisotopic (exact) mass is 538 g/mol. The van der Waals surface area contributed by atoms with Crippen molar-refractivity contribution in [2.45, 2.75) is 25.7 Å². The summed E-state index contributed by atoms with van der Waals surface area (Å²) in [6, 6.07) is 38.4. The topological polar surface area (TPSA) is 9.86 Å². The van der Waals surface area contributed by atoms with Crippen LogP contribution in [0.15, 0.2) is 127 Å². The molecule has 2 aliphatic carbocycles. The standard InChI is InChI=1S/C40H30N2/c1-2-13-30(14-3-1)41-37-18-8-7-17-33(37)35-25-28(22-24-39(35)41)29-21-23-34-32-16-6-9-19-38(32)42(40(34)26-29)36-20-10-12-27-11-4-5-15-31(27)36/h1-2,4-8,10-13,15-18,20-26H,3,9,14,19H2. The molecule has 0 fully saturated rings. The molecule has 2 nitrogen and oxygen atoms in total. The van der Waals surface area contributed by atoms with Crippen molar-refractivity contribution in [1.29, 1.82) is 0 Å². The molecule has 42 heavy (non-hydrogen) atoms. The number of hydrogen-bond acceptors (Lipinski definition) is 0. The third-order valence-electron chi connectivity index (χ3n) is 9.23. The van der Waals surface area contributed by atoms with Crippen molar-refractivity contribution in [3.8, 4) is 16.8 Å². The summed E-state index contributed by atoms with van der Waals surface area (Å²) in [5.41, 5.74) is 11.8. The molecule has 0 radical (unpaired) electrons. The Labute approximate surface area is 245 Å². The quantitative estimate of drug-likeness (QED) is 0.212. The highest BCUT2D eigenvalue weighted by molar-refractivity contribution is 6.11. The Bertz CT molecular complexity index is 2290. The van der Waals surface area contributed by atoms with Crippen molar-refractivity contribution in [1.82, 2.24) is 9.13 Å². The van der Waals surface area contributed by atoms with Crippen LogP contribution in [0.2, 0.25) is 0 Å². The van der Waals surface area contributed by atoms with Gasteiger partial charge in [0.25, 0.3) is 0 Å². The molecule has 0 N–H and O–H groups in total. The number of hydrogen-bond donors (Lipinski definition) is 0. The molecule has 0 aliphatic heterocycles. The number of para-hydroxylation sites is 1. The van der Waals surface area contributed by atoms with Gasteiger partial charge in [0.1, 0.15) is 0 Å².